The summed E-state index contributed by atoms with van der Waals surface area (Å²) in [7, 11) is 0. The molecule has 0 atom stereocenters. The van der Waals surface area contributed by atoms with E-state index in [4.69, 9.17) is 42.3 Å². The van der Waals surface area contributed by atoms with E-state index in [0.29, 0.717) is 19.8 Å². The summed E-state index contributed by atoms with van der Waals surface area (Å²) in [5, 5.41) is 0. The number of hydroxylamine groups is 1. The molecule has 0 saturated heterocycles. The highest BCUT2D eigenvalue weighted by molar-refractivity contribution is 6.55. The molecule has 0 heterocycles. The quantitative estimate of drug-likeness (QED) is 0.168. The van der Waals surface area contributed by atoms with Crippen molar-refractivity contribution in [1.82, 2.24) is 5.48 Å². The van der Waals surface area contributed by atoms with Crippen LogP contribution in [-0.4, -0.2) is 25.4 Å². The minimum Gasteiger partial charge on any atom is -0.500 e. The van der Waals surface area contributed by atoms with Crippen molar-refractivity contribution in [3.8, 4) is 11.5 Å². The Bertz CT molecular complexity index is 696. The molecule has 1 aromatic carbocycles. The molecule has 0 aromatic heterocycles. The maximum Gasteiger partial charge on any atom is 0.125 e. The van der Waals surface area contributed by atoms with Crippen LogP contribution in [0.3, 0.4) is 0 Å². The summed E-state index contributed by atoms with van der Waals surface area (Å²) in [6, 6.07) is 4.00. The molecular weight excluding hydrogens is 437 g/mol. The largest absolute Gasteiger partial charge is 0.500 e. The zero-order valence-corrected chi connectivity index (χ0v) is 20.9. The molecule has 0 radical (unpaired) electrons. The van der Waals surface area contributed by atoms with Gasteiger partial charge in [-0.1, -0.05) is 30.1 Å². The molecule has 0 fully saturated rings. The summed E-state index contributed by atoms with van der Waals surface area (Å²) < 4.78 is 17.4. The number of aryl methyl sites for hydroxylation is 2. The van der Waals surface area contributed by atoms with E-state index in [1.807, 2.05) is 39.8 Å². The minimum absolute atomic E-state index is 0.207. The van der Waals surface area contributed by atoms with Crippen molar-refractivity contribution in [2.24, 2.45) is 0 Å². The highest BCUT2D eigenvalue weighted by Crippen LogP contribution is 2.30. The Morgan fingerprint density at radius 1 is 1.03 bits per heavy atom. The first-order chi connectivity index (χ1) is 14.7. The van der Waals surface area contributed by atoms with Crippen molar-refractivity contribution in [3.05, 3.63) is 46.3 Å². The van der Waals surface area contributed by atoms with Gasteiger partial charge >= 0.3 is 0 Å². The van der Waals surface area contributed by atoms with Crippen LogP contribution in [0.15, 0.2) is 35.2 Å². The third-order valence-corrected chi connectivity index (χ3v) is 4.50. The van der Waals surface area contributed by atoms with Crippen molar-refractivity contribution in [3.63, 3.8) is 0 Å². The fraction of sp³-hybridized carbons (Fsp3) is 0.583. The second-order valence-corrected chi connectivity index (χ2v) is 9.16. The van der Waals surface area contributed by atoms with Crippen LogP contribution in [0.1, 0.15) is 64.5 Å². The molecule has 0 bridgehead atoms. The Hall–Kier alpha value is -1.56. The second-order valence-electron chi connectivity index (χ2n) is 8.16. The zero-order valence-electron chi connectivity index (χ0n) is 19.4. The lowest BCUT2D eigenvalue weighted by Gasteiger charge is -2.17. The lowest BCUT2D eigenvalue weighted by atomic mass is 10.1. The molecule has 0 saturated carbocycles. The van der Waals surface area contributed by atoms with Crippen LogP contribution in [0.4, 0.5) is 0 Å². The maximum absolute atomic E-state index is 6.08. The van der Waals surface area contributed by atoms with Gasteiger partial charge in [0.15, 0.2) is 0 Å². The first-order valence-corrected chi connectivity index (χ1v) is 11.6. The van der Waals surface area contributed by atoms with Gasteiger partial charge in [0.1, 0.15) is 28.9 Å². The van der Waals surface area contributed by atoms with Crippen LogP contribution >= 0.6 is 23.2 Å². The van der Waals surface area contributed by atoms with Crippen LogP contribution in [0.2, 0.25) is 0 Å². The normalized spacial score (nSPS) is 11.5. The van der Waals surface area contributed by atoms with Gasteiger partial charge in [-0.3, -0.25) is 10.3 Å². The summed E-state index contributed by atoms with van der Waals surface area (Å²) in [6.45, 7) is 11.8. The van der Waals surface area contributed by atoms with E-state index in [1.54, 1.807) is 18.5 Å². The Morgan fingerprint density at radius 3 is 2.39 bits per heavy atom. The van der Waals surface area contributed by atoms with E-state index in [9.17, 15) is 0 Å². The van der Waals surface area contributed by atoms with Crippen molar-refractivity contribution in [2.45, 2.75) is 72.3 Å². The summed E-state index contributed by atoms with van der Waals surface area (Å²) in [5.41, 5.74) is 4.73. The van der Waals surface area contributed by atoms with Gasteiger partial charge in [0, 0.05) is 0 Å². The third kappa shape index (κ3) is 13.5. The van der Waals surface area contributed by atoms with Crippen molar-refractivity contribution in [1.29, 1.82) is 0 Å². The Balaban J connectivity index is 2.24. The van der Waals surface area contributed by atoms with Crippen molar-refractivity contribution < 1.29 is 19.0 Å². The van der Waals surface area contributed by atoms with E-state index in [1.165, 1.54) is 0 Å². The smallest absolute Gasteiger partial charge is 0.125 e. The monoisotopic (exact) mass is 473 g/mol. The molecule has 0 aliphatic rings. The molecule has 1 aromatic rings. The molecule has 1 rings (SSSR count). The van der Waals surface area contributed by atoms with Gasteiger partial charge in [-0.15, -0.1) is 0 Å². The lowest BCUT2D eigenvalue weighted by Crippen LogP contribution is -2.25. The SMILES string of the molecule is CCc1cc(OCC=C(Cl)Cl)cc(C)c1OCCCCCCOC=CNOC(C)(C)C. The Kier molecular flexibility index (Phi) is 13.5. The molecule has 0 unspecified atom stereocenters. The average molecular weight is 474 g/mol. The zero-order chi connectivity index (χ0) is 23.1. The standard InChI is InChI=1S/C24H37Cl2NO4/c1-6-20-18-21(29-15-11-22(25)26)17-19(2)23(20)30-14-10-8-7-9-13-28-16-12-27-31-24(3,4)5/h11-12,16-18,27H,6-10,13-15H2,1-5H3. The van der Waals surface area contributed by atoms with Crippen LogP contribution in [0.25, 0.3) is 0 Å². The molecular formula is C24H37Cl2NO4. The van der Waals surface area contributed by atoms with E-state index in [-0.39, 0.29) is 10.1 Å². The van der Waals surface area contributed by atoms with Gasteiger partial charge in [-0.25, -0.2) is 0 Å². The number of rotatable bonds is 15. The molecule has 0 spiro atoms. The van der Waals surface area contributed by atoms with E-state index >= 15 is 0 Å². The fourth-order valence-electron chi connectivity index (χ4n) is 2.73. The predicted molar refractivity (Wildman–Crippen MR) is 129 cm³/mol. The number of hydrogen-bond acceptors (Lipinski definition) is 5. The van der Waals surface area contributed by atoms with E-state index in [2.05, 4.69) is 12.4 Å². The number of halogens is 2. The van der Waals surface area contributed by atoms with Crippen molar-refractivity contribution >= 4 is 23.2 Å². The number of nitrogens with one attached hydrogen (secondary N) is 1. The molecule has 0 aliphatic carbocycles. The van der Waals surface area contributed by atoms with Crippen LogP contribution in [-0.2, 0) is 16.0 Å². The lowest BCUT2D eigenvalue weighted by molar-refractivity contribution is -0.0531. The maximum atomic E-state index is 6.08. The van der Waals surface area contributed by atoms with Gasteiger partial charge in [0.25, 0.3) is 0 Å². The summed E-state index contributed by atoms with van der Waals surface area (Å²) in [6.07, 6.45) is 10.0. The molecule has 7 heteroatoms. The van der Waals surface area contributed by atoms with Crippen LogP contribution in [0.5, 0.6) is 11.5 Å². The topological polar surface area (TPSA) is 49.0 Å². The van der Waals surface area contributed by atoms with Crippen LogP contribution < -0.4 is 15.0 Å². The van der Waals surface area contributed by atoms with Gasteiger partial charge in [-0.2, -0.15) is 0 Å². The summed E-state index contributed by atoms with van der Waals surface area (Å²) >= 11 is 11.2. The third-order valence-electron chi connectivity index (χ3n) is 4.19. The summed E-state index contributed by atoms with van der Waals surface area (Å²) in [4.78, 5) is 5.35. The molecule has 1 N–H and O–H groups in total. The molecule has 0 amide bonds. The Morgan fingerprint density at radius 2 is 1.74 bits per heavy atom. The number of ether oxygens (including phenoxy) is 3. The number of hydrogen-bond donors (Lipinski definition) is 1. The molecule has 31 heavy (non-hydrogen) atoms. The molecule has 176 valence electrons. The first kappa shape index (κ1) is 27.5. The average Bonchev–Trinajstić information content (AvgIpc) is 2.68. The summed E-state index contributed by atoms with van der Waals surface area (Å²) in [5.74, 6) is 1.75. The first-order valence-electron chi connectivity index (χ1n) is 10.8. The van der Waals surface area contributed by atoms with E-state index in [0.717, 1.165) is 54.7 Å². The van der Waals surface area contributed by atoms with Gasteiger partial charge < -0.3 is 14.2 Å². The fourth-order valence-corrected chi connectivity index (χ4v) is 2.86. The van der Waals surface area contributed by atoms with Crippen molar-refractivity contribution in [2.75, 3.05) is 19.8 Å². The molecule has 0 aliphatic heterocycles. The highest BCUT2D eigenvalue weighted by atomic mass is 35.5. The van der Waals surface area contributed by atoms with Gasteiger partial charge in [0.05, 0.1) is 25.0 Å². The highest BCUT2D eigenvalue weighted by Gasteiger charge is 2.10. The minimum atomic E-state index is -0.227. The number of unbranched alkanes of at least 4 members (excludes halogenated alkanes) is 3. The van der Waals surface area contributed by atoms with E-state index < -0.39 is 0 Å². The second kappa shape index (κ2) is 15.3. The van der Waals surface area contributed by atoms with Crippen LogP contribution in [0, 0.1) is 6.92 Å². The Labute approximate surface area is 197 Å². The number of benzene rings is 1. The molecule has 5 nitrogen and oxygen atoms in total. The van der Waals surface area contributed by atoms with Gasteiger partial charge in [-0.05, 0) is 89.1 Å². The van der Waals surface area contributed by atoms with Gasteiger partial charge in [0.2, 0.25) is 0 Å². The predicted octanol–water partition coefficient (Wildman–Crippen LogP) is 7.00.